The van der Waals surface area contributed by atoms with Crippen molar-refractivity contribution in [2.75, 3.05) is 33.3 Å². The van der Waals surface area contributed by atoms with Crippen LogP contribution in [0, 0.1) is 0 Å². The van der Waals surface area contributed by atoms with Crippen molar-refractivity contribution in [3.8, 4) is 5.75 Å². The second-order valence-corrected chi connectivity index (χ2v) is 5.67. The van der Waals surface area contributed by atoms with Crippen LogP contribution in [0.25, 0.3) is 0 Å². The Kier molecular flexibility index (Phi) is 9.57. The lowest BCUT2D eigenvalue weighted by Gasteiger charge is -2.27. The second kappa shape index (κ2) is 9.72. The van der Waals surface area contributed by atoms with Gasteiger partial charge in [-0.05, 0) is 29.5 Å². The average Bonchev–Trinajstić information content (AvgIpc) is 2.38. The molecule has 1 aromatic carbocycles. The van der Waals surface area contributed by atoms with Gasteiger partial charge in [-0.3, -0.25) is 4.90 Å². The molecular formula is C13H19Cl2F3N2OS. The van der Waals surface area contributed by atoms with Crippen LogP contribution < -0.4 is 10.1 Å². The number of halogens is 5. The van der Waals surface area contributed by atoms with Crippen LogP contribution in [0.2, 0.25) is 0 Å². The van der Waals surface area contributed by atoms with E-state index in [2.05, 4.69) is 10.2 Å². The van der Waals surface area contributed by atoms with Crippen LogP contribution in [0.15, 0.2) is 23.1 Å². The Labute approximate surface area is 144 Å². The van der Waals surface area contributed by atoms with E-state index in [9.17, 15) is 13.2 Å². The molecule has 1 fully saturated rings. The lowest BCUT2D eigenvalue weighted by atomic mass is 10.2. The van der Waals surface area contributed by atoms with Crippen molar-refractivity contribution in [3.05, 3.63) is 23.8 Å². The van der Waals surface area contributed by atoms with Crippen molar-refractivity contribution >= 4 is 36.6 Å². The van der Waals surface area contributed by atoms with Crippen molar-refractivity contribution < 1.29 is 17.9 Å². The molecule has 1 saturated heterocycles. The van der Waals surface area contributed by atoms with E-state index < -0.39 is 5.51 Å². The molecule has 1 aromatic rings. The van der Waals surface area contributed by atoms with Gasteiger partial charge >= 0.3 is 5.51 Å². The molecule has 3 nitrogen and oxygen atoms in total. The molecule has 2 rings (SSSR count). The van der Waals surface area contributed by atoms with Crippen LogP contribution in [-0.4, -0.2) is 43.7 Å². The summed E-state index contributed by atoms with van der Waals surface area (Å²) in [5.41, 5.74) is -3.43. The molecule has 0 aliphatic carbocycles. The molecule has 0 bridgehead atoms. The molecule has 0 saturated carbocycles. The van der Waals surface area contributed by atoms with Crippen LogP contribution in [0.1, 0.15) is 5.56 Å². The number of nitrogens with one attached hydrogen (secondary N) is 1. The number of nitrogens with zero attached hydrogens (tertiary/aromatic N) is 1. The Balaban J connectivity index is 0.00000220. The van der Waals surface area contributed by atoms with Crippen LogP contribution in [0.4, 0.5) is 13.2 Å². The molecule has 0 aromatic heterocycles. The molecule has 0 radical (unpaired) electrons. The van der Waals surface area contributed by atoms with E-state index >= 15 is 0 Å². The summed E-state index contributed by atoms with van der Waals surface area (Å²) < 4.78 is 42.6. The monoisotopic (exact) mass is 378 g/mol. The third kappa shape index (κ3) is 6.83. The number of piperazine rings is 1. The van der Waals surface area contributed by atoms with Gasteiger partial charge in [0.2, 0.25) is 0 Å². The number of rotatable bonds is 4. The van der Waals surface area contributed by atoms with Crippen molar-refractivity contribution in [2.24, 2.45) is 0 Å². The zero-order valence-electron chi connectivity index (χ0n) is 12.0. The molecule has 0 amide bonds. The number of methoxy groups -OCH3 is 1. The first-order chi connectivity index (χ1) is 9.48. The Hall–Kier alpha value is -0.340. The fourth-order valence-electron chi connectivity index (χ4n) is 2.15. The summed E-state index contributed by atoms with van der Waals surface area (Å²) in [7, 11) is 1.38. The highest BCUT2D eigenvalue weighted by atomic mass is 35.5. The number of ether oxygens (including phenoxy) is 1. The predicted molar refractivity (Wildman–Crippen MR) is 87.5 cm³/mol. The van der Waals surface area contributed by atoms with Crippen molar-refractivity contribution in [3.63, 3.8) is 0 Å². The number of benzene rings is 1. The SMILES string of the molecule is COc1ccc(CN2CCNCC2)cc1SC(F)(F)F.Cl.Cl. The first-order valence-corrected chi connectivity index (χ1v) is 7.15. The third-order valence-corrected chi connectivity index (χ3v) is 3.84. The molecule has 1 N–H and O–H groups in total. The molecule has 1 aliphatic rings. The highest BCUT2D eigenvalue weighted by Crippen LogP contribution is 2.41. The van der Waals surface area contributed by atoms with Gasteiger partial charge in [-0.2, -0.15) is 13.2 Å². The topological polar surface area (TPSA) is 24.5 Å². The summed E-state index contributed by atoms with van der Waals surface area (Å²) in [6, 6.07) is 4.99. The van der Waals surface area contributed by atoms with E-state index in [1.54, 1.807) is 12.1 Å². The van der Waals surface area contributed by atoms with Crippen LogP contribution >= 0.6 is 36.6 Å². The van der Waals surface area contributed by atoms with E-state index in [1.165, 1.54) is 7.11 Å². The van der Waals surface area contributed by atoms with Crippen molar-refractivity contribution in [2.45, 2.75) is 16.9 Å². The molecule has 9 heteroatoms. The maximum absolute atomic E-state index is 12.5. The molecule has 0 atom stereocenters. The Morgan fingerprint density at radius 2 is 1.86 bits per heavy atom. The largest absolute Gasteiger partial charge is 0.496 e. The van der Waals surface area contributed by atoms with Gasteiger partial charge < -0.3 is 10.1 Å². The minimum Gasteiger partial charge on any atom is -0.496 e. The van der Waals surface area contributed by atoms with Gasteiger partial charge in [-0.25, -0.2) is 0 Å². The normalized spacial score (nSPS) is 15.6. The molecule has 22 heavy (non-hydrogen) atoms. The van der Waals surface area contributed by atoms with E-state index in [4.69, 9.17) is 4.74 Å². The molecular weight excluding hydrogens is 360 g/mol. The third-order valence-electron chi connectivity index (χ3n) is 3.07. The molecule has 0 spiro atoms. The van der Waals surface area contributed by atoms with Gasteiger partial charge in [-0.15, -0.1) is 24.8 Å². The van der Waals surface area contributed by atoms with E-state index in [1.807, 2.05) is 6.07 Å². The Bertz CT molecular complexity index is 457. The van der Waals surface area contributed by atoms with Crippen molar-refractivity contribution in [1.82, 2.24) is 10.2 Å². The summed E-state index contributed by atoms with van der Waals surface area (Å²) in [5, 5.41) is 3.25. The van der Waals surface area contributed by atoms with Gasteiger partial charge in [0.1, 0.15) is 5.75 Å². The maximum Gasteiger partial charge on any atom is 0.446 e. The highest BCUT2D eigenvalue weighted by molar-refractivity contribution is 8.00. The molecule has 128 valence electrons. The quantitative estimate of drug-likeness (QED) is 0.809. The highest BCUT2D eigenvalue weighted by Gasteiger charge is 2.31. The van der Waals surface area contributed by atoms with E-state index in [-0.39, 0.29) is 47.2 Å². The second-order valence-electron chi connectivity index (χ2n) is 4.56. The zero-order valence-corrected chi connectivity index (χ0v) is 14.4. The van der Waals surface area contributed by atoms with Crippen LogP contribution in [0.3, 0.4) is 0 Å². The summed E-state index contributed by atoms with van der Waals surface area (Å²) in [6.45, 7) is 4.32. The van der Waals surface area contributed by atoms with Gasteiger partial charge in [0.25, 0.3) is 0 Å². The summed E-state index contributed by atoms with van der Waals surface area (Å²) in [5.74, 6) is 0.261. The van der Waals surface area contributed by atoms with E-state index in [0.29, 0.717) is 6.54 Å². The van der Waals surface area contributed by atoms with Crippen molar-refractivity contribution in [1.29, 1.82) is 0 Å². The number of alkyl halides is 3. The van der Waals surface area contributed by atoms with Gasteiger partial charge in [0.05, 0.1) is 12.0 Å². The fourth-order valence-corrected chi connectivity index (χ4v) is 2.86. The van der Waals surface area contributed by atoms with Crippen LogP contribution in [0.5, 0.6) is 5.75 Å². The Morgan fingerprint density at radius 1 is 1.23 bits per heavy atom. The molecule has 0 unspecified atom stereocenters. The lowest BCUT2D eigenvalue weighted by molar-refractivity contribution is -0.0328. The lowest BCUT2D eigenvalue weighted by Crippen LogP contribution is -2.42. The van der Waals surface area contributed by atoms with Crippen LogP contribution in [-0.2, 0) is 6.54 Å². The maximum atomic E-state index is 12.5. The van der Waals surface area contributed by atoms with E-state index in [0.717, 1.165) is 31.7 Å². The first kappa shape index (κ1) is 21.7. The molecule has 1 heterocycles. The smallest absolute Gasteiger partial charge is 0.446 e. The number of hydrogen-bond donors (Lipinski definition) is 1. The summed E-state index contributed by atoms with van der Waals surface area (Å²) in [4.78, 5) is 2.34. The first-order valence-electron chi connectivity index (χ1n) is 6.33. The predicted octanol–water partition coefficient (Wildman–Crippen LogP) is 3.56. The minimum absolute atomic E-state index is 0. The average molecular weight is 379 g/mol. The minimum atomic E-state index is -4.30. The van der Waals surface area contributed by atoms with Gasteiger partial charge in [0.15, 0.2) is 0 Å². The summed E-state index contributed by atoms with van der Waals surface area (Å²) >= 11 is -0.128. The summed E-state index contributed by atoms with van der Waals surface area (Å²) in [6.07, 6.45) is 0. The number of hydrogen-bond acceptors (Lipinski definition) is 4. The fraction of sp³-hybridized carbons (Fsp3) is 0.538. The molecule has 1 aliphatic heterocycles. The zero-order chi connectivity index (χ0) is 14.6. The van der Waals surface area contributed by atoms with Gasteiger partial charge in [-0.1, -0.05) is 6.07 Å². The Morgan fingerprint density at radius 3 is 2.41 bits per heavy atom. The standard InChI is InChI=1S/C13H17F3N2OS.2ClH/c1-19-11-3-2-10(8-12(11)20-13(14,15)16)9-18-6-4-17-5-7-18;;/h2-3,8,17H,4-7,9H2,1H3;2*1H. The number of thioether (sulfide) groups is 1. The van der Waals surface area contributed by atoms with Gasteiger partial charge in [0, 0.05) is 32.7 Å².